The zero-order valence-electron chi connectivity index (χ0n) is 13.3. The van der Waals surface area contributed by atoms with Crippen LogP contribution in [0.1, 0.15) is 10.5 Å². The van der Waals surface area contributed by atoms with Crippen molar-refractivity contribution < 1.29 is 4.79 Å². The summed E-state index contributed by atoms with van der Waals surface area (Å²) in [6.45, 7) is 0. The minimum absolute atomic E-state index is 0.205. The van der Waals surface area contributed by atoms with Crippen LogP contribution < -0.4 is 10.2 Å². The predicted octanol–water partition coefficient (Wildman–Crippen LogP) is 4.80. The average Bonchev–Trinajstić information content (AvgIpc) is 2.65. The molecule has 1 heterocycles. The summed E-state index contributed by atoms with van der Waals surface area (Å²) in [5.41, 5.74) is 1.72. The van der Waals surface area contributed by atoms with E-state index in [1.165, 1.54) is 6.20 Å². The molecule has 0 saturated heterocycles. The molecule has 3 aromatic rings. The Morgan fingerprint density at radius 1 is 1.00 bits per heavy atom. The van der Waals surface area contributed by atoms with E-state index in [2.05, 4.69) is 15.3 Å². The van der Waals surface area contributed by atoms with Crippen LogP contribution in [0.25, 0.3) is 0 Å². The lowest BCUT2D eigenvalue weighted by Gasteiger charge is -2.17. The van der Waals surface area contributed by atoms with Crippen molar-refractivity contribution in [2.75, 3.05) is 17.3 Å². The SMILES string of the molecule is CN(c1ccccc1)c1cnc(C(=O)Nc2ccc(Cl)c(Cl)c2)cn1. The summed E-state index contributed by atoms with van der Waals surface area (Å²) in [6, 6.07) is 14.6. The fourth-order valence-electron chi connectivity index (χ4n) is 2.16. The summed E-state index contributed by atoms with van der Waals surface area (Å²) in [7, 11) is 1.88. The van der Waals surface area contributed by atoms with Crippen molar-refractivity contribution in [3.8, 4) is 0 Å². The molecular formula is C18H14Cl2N4O. The van der Waals surface area contributed by atoms with Gasteiger partial charge in [0.15, 0.2) is 5.82 Å². The normalized spacial score (nSPS) is 10.4. The van der Waals surface area contributed by atoms with Crippen LogP contribution in [0.3, 0.4) is 0 Å². The van der Waals surface area contributed by atoms with Crippen molar-refractivity contribution in [2.45, 2.75) is 0 Å². The first-order chi connectivity index (χ1) is 12.0. The number of hydrogen-bond acceptors (Lipinski definition) is 4. The number of hydrogen-bond donors (Lipinski definition) is 1. The number of para-hydroxylation sites is 1. The van der Waals surface area contributed by atoms with E-state index in [-0.39, 0.29) is 11.6 Å². The number of nitrogens with one attached hydrogen (secondary N) is 1. The molecule has 0 aliphatic heterocycles. The minimum atomic E-state index is -0.375. The number of anilines is 3. The van der Waals surface area contributed by atoms with Gasteiger partial charge in [0, 0.05) is 18.4 Å². The molecule has 1 aromatic heterocycles. The van der Waals surface area contributed by atoms with E-state index >= 15 is 0 Å². The van der Waals surface area contributed by atoms with Crippen LogP contribution >= 0.6 is 23.2 Å². The predicted molar refractivity (Wildman–Crippen MR) is 101 cm³/mol. The molecule has 25 heavy (non-hydrogen) atoms. The molecule has 0 unspecified atom stereocenters. The molecule has 0 atom stereocenters. The maximum atomic E-state index is 12.3. The van der Waals surface area contributed by atoms with Gasteiger partial charge in [-0.2, -0.15) is 0 Å². The number of carbonyl (C=O) groups is 1. The molecule has 0 aliphatic carbocycles. The number of aromatic nitrogens is 2. The lowest BCUT2D eigenvalue weighted by molar-refractivity contribution is 0.102. The topological polar surface area (TPSA) is 58.1 Å². The summed E-state index contributed by atoms with van der Waals surface area (Å²) in [5, 5.41) is 3.50. The van der Waals surface area contributed by atoms with Crippen LogP contribution in [0.2, 0.25) is 10.0 Å². The van der Waals surface area contributed by atoms with E-state index in [0.29, 0.717) is 21.6 Å². The lowest BCUT2D eigenvalue weighted by Crippen LogP contribution is -2.16. The van der Waals surface area contributed by atoms with Gasteiger partial charge in [-0.3, -0.25) is 4.79 Å². The van der Waals surface area contributed by atoms with Gasteiger partial charge in [-0.1, -0.05) is 41.4 Å². The number of nitrogens with zero attached hydrogens (tertiary/aromatic N) is 3. The van der Waals surface area contributed by atoms with Crippen molar-refractivity contribution in [1.29, 1.82) is 0 Å². The number of benzene rings is 2. The quantitative estimate of drug-likeness (QED) is 0.714. The van der Waals surface area contributed by atoms with Gasteiger partial charge < -0.3 is 10.2 Å². The van der Waals surface area contributed by atoms with E-state index < -0.39 is 0 Å². The number of halogens is 2. The fraction of sp³-hybridized carbons (Fsp3) is 0.0556. The second-order valence-corrected chi connectivity index (χ2v) is 6.05. The van der Waals surface area contributed by atoms with Gasteiger partial charge >= 0.3 is 0 Å². The molecule has 0 spiro atoms. The Hall–Kier alpha value is -2.63. The van der Waals surface area contributed by atoms with Gasteiger partial charge in [-0.25, -0.2) is 9.97 Å². The molecular weight excluding hydrogens is 359 g/mol. The molecule has 7 heteroatoms. The van der Waals surface area contributed by atoms with Crippen molar-refractivity contribution in [3.05, 3.63) is 76.7 Å². The summed E-state index contributed by atoms with van der Waals surface area (Å²) < 4.78 is 0. The van der Waals surface area contributed by atoms with Crippen LogP contribution in [0, 0.1) is 0 Å². The van der Waals surface area contributed by atoms with Gasteiger partial charge in [0.1, 0.15) is 5.69 Å². The fourth-order valence-corrected chi connectivity index (χ4v) is 2.46. The standard InChI is InChI=1S/C18H14Cl2N4O/c1-24(13-5-3-2-4-6-13)17-11-21-16(10-22-17)18(25)23-12-7-8-14(19)15(20)9-12/h2-11H,1H3,(H,23,25). The molecule has 1 N–H and O–H groups in total. The van der Waals surface area contributed by atoms with Gasteiger partial charge in [0.05, 0.1) is 22.4 Å². The molecule has 0 saturated carbocycles. The summed E-state index contributed by atoms with van der Waals surface area (Å²) in [6.07, 6.45) is 2.98. The first-order valence-electron chi connectivity index (χ1n) is 7.42. The molecule has 3 rings (SSSR count). The Balaban J connectivity index is 1.73. The van der Waals surface area contributed by atoms with Gasteiger partial charge in [-0.05, 0) is 30.3 Å². The van der Waals surface area contributed by atoms with Crippen LogP contribution in [-0.2, 0) is 0 Å². The van der Waals surface area contributed by atoms with E-state index in [0.717, 1.165) is 5.69 Å². The highest BCUT2D eigenvalue weighted by molar-refractivity contribution is 6.42. The Morgan fingerprint density at radius 3 is 2.40 bits per heavy atom. The molecule has 2 aromatic carbocycles. The van der Waals surface area contributed by atoms with Gasteiger partial charge in [-0.15, -0.1) is 0 Å². The second-order valence-electron chi connectivity index (χ2n) is 5.24. The Bertz CT molecular complexity index is 885. The lowest BCUT2D eigenvalue weighted by atomic mass is 10.3. The van der Waals surface area contributed by atoms with Crippen LogP contribution in [0.15, 0.2) is 60.9 Å². The van der Waals surface area contributed by atoms with E-state index in [4.69, 9.17) is 23.2 Å². The van der Waals surface area contributed by atoms with E-state index in [1.54, 1.807) is 24.4 Å². The number of rotatable bonds is 4. The van der Waals surface area contributed by atoms with E-state index in [1.807, 2.05) is 42.3 Å². The highest BCUT2D eigenvalue weighted by atomic mass is 35.5. The zero-order valence-corrected chi connectivity index (χ0v) is 14.8. The minimum Gasteiger partial charge on any atom is -0.328 e. The second kappa shape index (κ2) is 7.51. The smallest absolute Gasteiger partial charge is 0.275 e. The molecule has 0 fully saturated rings. The summed E-state index contributed by atoms with van der Waals surface area (Å²) in [4.78, 5) is 22.6. The highest BCUT2D eigenvalue weighted by Crippen LogP contribution is 2.25. The maximum absolute atomic E-state index is 12.3. The van der Waals surface area contributed by atoms with Crippen LogP contribution in [-0.4, -0.2) is 22.9 Å². The third-order valence-corrected chi connectivity index (χ3v) is 4.27. The van der Waals surface area contributed by atoms with Crippen molar-refractivity contribution in [3.63, 3.8) is 0 Å². The Kier molecular flexibility index (Phi) is 5.16. The highest BCUT2D eigenvalue weighted by Gasteiger charge is 2.11. The van der Waals surface area contributed by atoms with Crippen molar-refractivity contribution >= 4 is 46.3 Å². The number of carbonyl (C=O) groups excluding carboxylic acids is 1. The van der Waals surface area contributed by atoms with Gasteiger partial charge in [0.25, 0.3) is 5.91 Å². The Labute approximate surface area is 155 Å². The molecule has 0 radical (unpaired) electrons. The Morgan fingerprint density at radius 2 is 1.76 bits per heavy atom. The maximum Gasteiger partial charge on any atom is 0.275 e. The zero-order chi connectivity index (χ0) is 17.8. The van der Waals surface area contributed by atoms with Crippen LogP contribution in [0.4, 0.5) is 17.2 Å². The van der Waals surface area contributed by atoms with Crippen LogP contribution in [0.5, 0.6) is 0 Å². The first kappa shape index (κ1) is 17.2. The monoisotopic (exact) mass is 372 g/mol. The van der Waals surface area contributed by atoms with E-state index in [9.17, 15) is 4.79 Å². The molecule has 5 nitrogen and oxygen atoms in total. The molecule has 1 amide bonds. The third-order valence-electron chi connectivity index (χ3n) is 3.54. The average molecular weight is 373 g/mol. The summed E-state index contributed by atoms with van der Waals surface area (Å²) >= 11 is 11.8. The first-order valence-corrected chi connectivity index (χ1v) is 8.17. The number of amides is 1. The summed E-state index contributed by atoms with van der Waals surface area (Å²) in [5.74, 6) is 0.261. The third kappa shape index (κ3) is 4.07. The molecule has 0 bridgehead atoms. The van der Waals surface area contributed by atoms with Crippen molar-refractivity contribution in [2.24, 2.45) is 0 Å². The largest absolute Gasteiger partial charge is 0.328 e. The van der Waals surface area contributed by atoms with Gasteiger partial charge in [0.2, 0.25) is 0 Å². The molecule has 126 valence electrons. The molecule has 0 aliphatic rings. The van der Waals surface area contributed by atoms with Crippen molar-refractivity contribution in [1.82, 2.24) is 9.97 Å².